The largest absolute Gasteiger partial charge is 0.286 e. The number of hydrogen-bond acceptors (Lipinski definition) is 2. The van der Waals surface area contributed by atoms with Crippen molar-refractivity contribution in [1.82, 2.24) is 5.06 Å². The minimum Gasteiger partial charge on any atom is -0.286 e. The molecule has 0 fully saturated rings. The molecule has 0 unspecified atom stereocenters. The Morgan fingerprint density at radius 2 is 2.00 bits per heavy atom. The number of carbonyl (C=O) groups excluding carboxylic acids is 1. The Hall–Kier alpha value is -1.35. The van der Waals surface area contributed by atoms with E-state index in [1.165, 1.54) is 12.5 Å². The monoisotopic (exact) mass is 193 g/mol. The van der Waals surface area contributed by atoms with Crippen LogP contribution in [-0.2, 0) is 11.2 Å². The highest BCUT2D eigenvalue weighted by Gasteiger charge is 2.02. The Morgan fingerprint density at radius 3 is 2.57 bits per heavy atom. The molecule has 0 aliphatic carbocycles. The van der Waals surface area contributed by atoms with Crippen LogP contribution >= 0.6 is 0 Å². The smallest absolute Gasteiger partial charge is 0.242 e. The Balaban J connectivity index is 2.26. The van der Waals surface area contributed by atoms with Crippen molar-refractivity contribution in [1.29, 1.82) is 0 Å². The first-order chi connectivity index (χ1) is 6.70. The second-order valence-electron chi connectivity index (χ2n) is 3.23. The summed E-state index contributed by atoms with van der Waals surface area (Å²) in [6, 6.07) is 10.0. The van der Waals surface area contributed by atoms with Crippen molar-refractivity contribution in [3.05, 3.63) is 35.9 Å². The van der Waals surface area contributed by atoms with E-state index in [4.69, 9.17) is 5.21 Å². The zero-order chi connectivity index (χ0) is 10.4. The zero-order valence-corrected chi connectivity index (χ0v) is 8.31. The van der Waals surface area contributed by atoms with Crippen LogP contribution in [0.15, 0.2) is 30.3 Å². The van der Waals surface area contributed by atoms with E-state index < -0.39 is 0 Å². The third-order valence-corrected chi connectivity index (χ3v) is 2.04. The summed E-state index contributed by atoms with van der Waals surface area (Å²) in [5, 5.41) is 9.84. The minimum absolute atomic E-state index is 0.307. The van der Waals surface area contributed by atoms with Gasteiger partial charge in [0.25, 0.3) is 0 Å². The Kier molecular flexibility index (Phi) is 4.13. The highest BCUT2D eigenvalue weighted by molar-refractivity contribution is 5.71. The predicted molar refractivity (Wildman–Crippen MR) is 53.9 cm³/mol. The second-order valence-corrected chi connectivity index (χ2v) is 3.23. The van der Waals surface area contributed by atoms with Gasteiger partial charge >= 0.3 is 0 Å². The maximum absolute atomic E-state index is 10.7. The molecule has 14 heavy (non-hydrogen) atoms. The molecule has 0 atom stereocenters. The van der Waals surface area contributed by atoms with Gasteiger partial charge in [0, 0.05) is 13.5 Å². The summed E-state index contributed by atoms with van der Waals surface area (Å²) < 4.78 is 0. The number of amides is 1. The van der Waals surface area contributed by atoms with Gasteiger partial charge in [-0.1, -0.05) is 30.3 Å². The van der Waals surface area contributed by atoms with Crippen molar-refractivity contribution in [2.75, 3.05) is 6.54 Å². The molecule has 1 rings (SSSR count). The lowest BCUT2D eigenvalue weighted by Gasteiger charge is -2.11. The molecule has 0 aliphatic rings. The lowest BCUT2D eigenvalue weighted by molar-refractivity contribution is -0.162. The summed E-state index contributed by atoms with van der Waals surface area (Å²) >= 11 is 0. The highest BCUT2D eigenvalue weighted by atomic mass is 16.5. The first-order valence-electron chi connectivity index (χ1n) is 4.71. The Morgan fingerprint density at radius 1 is 1.36 bits per heavy atom. The van der Waals surface area contributed by atoms with Crippen molar-refractivity contribution < 1.29 is 10.0 Å². The molecule has 3 heteroatoms. The maximum Gasteiger partial charge on any atom is 0.242 e. The van der Waals surface area contributed by atoms with Crippen LogP contribution in [0.3, 0.4) is 0 Å². The zero-order valence-electron chi connectivity index (χ0n) is 8.31. The molecule has 0 bridgehead atoms. The van der Waals surface area contributed by atoms with Crippen molar-refractivity contribution in [3.8, 4) is 0 Å². The number of hydroxylamine groups is 2. The standard InChI is InChI=1S/C11H15NO2/c1-10(13)12(14)9-5-8-11-6-3-2-4-7-11/h2-4,6-7,14H,5,8-9H2,1H3. The van der Waals surface area contributed by atoms with Gasteiger partial charge in [0.05, 0.1) is 0 Å². The molecule has 1 aromatic carbocycles. The van der Waals surface area contributed by atoms with Crippen molar-refractivity contribution in [2.45, 2.75) is 19.8 Å². The Labute approximate surface area is 83.9 Å². The van der Waals surface area contributed by atoms with E-state index in [1.807, 2.05) is 30.3 Å². The van der Waals surface area contributed by atoms with E-state index in [-0.39, 0.29) is 5.91 Å². The van der Waals surface area contributed by atoms with Crippen LogP contribution in [0.2, 0.25) is 0 Å². The van der Waals surface area contributed by atoms with Crippen molar-refractivity contribution in [3.63, 3.8) is 0 Å². The average Bonchev–Trinajstić information content (AvgIpc) is 2.19. The summed E-state index contributed by atoms with van der Waals surface area (Å²) in [7, 11) is 0. The average molecular weight is 193 g/mol. The number of aryl methyl sites for hydroxylation is 1. The van der Waals surface area contributed by atoms with E-state index in [1.54, 1.807) is 0 Å². The van der Waals surface area contributed by atoms with Gasteiger partial charge in [0.15, 0.2) is 0 Å². The molecule has 76 valence electrons. The number of rotatable bonds is 4. The summed E-state index contributed by atoms with van der Waals surface area (Å²) in [5.74, 6) is -0.307. The van der Waals surface area contributed by atoms with E-state index in [2.05, 4.69) is 0 Å². The minimum atomic E-state index is -0.307. The highest BCUT2D eigenvalue weighted by Crippen LogP contribution is 2.02. The van der Waals surface area contributed by atoms with Crippen molar-refractivity contribution in [2.24, 2.45) is 0 Å². The molecular weight excluding hydrogens is 178 g/mol. The summed E-state index contributed by atoms with van der Waals surface area (Å²) in [4.78, 5) is 10.7. The summed E-state index contributed by atoms with van der Waals surface area (Å²) in [6.45, 7) is 1.74. The lowest BCUT2D eigenvalue weighted by Crippen LogP contribution is -2.25. The van der Waals surface area contributed by atoms with Crippen molar-refractivity contribution >= 4 is 5.91 Å². The molecule has 1 amide bonds. The van der Waals surface area contributed by atoms with Gasteiger partial charge in [-0.3, -0.25) is 10.0 Å². The van der Waals surface area contributed by atoms with E-state index in [0.29, 0.717) is 6.54 Å². The molecule has 0 saturated carbocycles. The first kappa shape index (κ1) is 10.7. The molecule has 0 aliphatic heterocycles. The SMILES string of the molecule is CC(=O)N(O)CCCc1ccccc1. The second kappa shape index (κ2) is 5.40. The van der Waals surface area contributed by atoms with Gasteiger partial charge in [0.1, 0.15) is 0 Å². The van der Waals surface area contributed by atoms with Gasteiger partial charge in [-0.15, -0.1) is 0 Å². The Bertz CT molecular complexity index is 285. The first-order valence-corrected chi connectivity index (χ1v) is 4.71. The third kappa shape index (κ3) is 3.58. The van der Waals surface area contributed by atoms with E-state index >= 15 is 0 Å². The van der Waals surface area contributed by atoms with E-state index in [0.717, 1.165) is 17.9 Å². The normalized spacial score (nSPS) is 9.86. The lowest BCUT2D eigenvalue weighted by atomic mass is 10.1. The van der Waals surface area contributed by atoms with Crippen LogP contribution in [0.4, 0.5) is 0 Å². The molecule has 3 nitrogen and oxygen atoms in total. The fraction of sp³-hybridized carbons (Fsp3) is 0.364. The van der Waals surface area contributed by atoms with Crippen LogP contribution in [0.5, 0.6) is 0 Å². The number of carbonyl (C=O) groups is 1. The maximum atomic E-state index is 10.7. The van der Waals surface area contributed by atoms with Crippen LogP contribution in [0.25, 0.3) is 0 Å². The number of nitrogens with zero attached hydrogens (tertiary/aromatic N) is 1. The van der Waals surface area contributed by atoms with Crippen LogP contribution in [-0.4, -0.2) is 22.7 Å². The van der Waals surface area contributed by atoms with Gasteiger partial charge < -0.3 is 0 Å². The molecule has 0 aromatic heterocycles. The van der Waals surface area contributed by atoms with Gasteiger partial charge in [-0.05, 0) is 18.4 Å². The van der Waals surface area contributed by atoms with Gasteiger partial charge in [-0.25, -0.2) is 5.06 Å². The topological polar surface area (TPSA) is 40.5 Å². The fourth-order valence-electron chi connectivity index (χ4n) is 1.24. The molecule has 1 N–H and O–H groups in total. The summed E-state index contributed by atoms with van der Waals surface area (Å²) in [5.41, 5.74) is 1.23. The predicted octanol–water partition coefficient (Wildman–Crippen LogP) is 1.86. The molecule has 0 heterocycles. The molecule has 0 radical (unpaired) electrons. The number of benzene rings is 1. The molecule has 0 spiro atoms. The van der Waals surface area contributed by atoms with Crippen LogP contribution in [0, 0.1) is 0 Å². The fourth-order valence-corrected chi connectivity index (χ4v) is 1.24. The van der Waals surface area contributed by atoms with Gasteiger partial charge in [-0.2, -0.15) is 0 Å². The third-order valence-electron chi connectivity index (χ3n) is 2.04. The van der Waals surface area contributed by atoms with E-state index in [9.17, 15) is 4.79 Å². The summed E-state index contributed by atoms with van der Waals surface area (Å²) in [6.07, 6.45) is 1.66. The van der Waals surface area contributed by atoms with Crippen LogP contribution in [0.1, 0.15) is 18.9 Å². The van der Waals surface area contributed by atoms with Crippen LogP contribution < -0.4 is 0 Å². The molecule has 1 aromatic rings. The van der Waals surface area contributed by atoms with Gasteiger partial charge in [0.2, 0.25) is 5.91 Å². The quantitative estimate of drug-likeness (QED) is 0.585. The molecule has 0 saturated heterocycles. The number of hydrogen-bond donors (Lipinski definition) is 1. The molecular formula is C11H15NO2.